The minimum Gasteiger partial charge on any atom is -0.353 e. The number of rotatable bonds is 3. The van der Waals surface area contributed by atoms with Gasteiger partial charge in [0, 0.05) is 18.7 Å². The van der Waals surface area contributed by atoms with E-state index in [4.69, 9.17) is 0 Å². The Hall–Kier alpha value is -2.44. The van der Waals surface area contributed by atoms with Crippen molar-refractivity contribution >= 4 is 17.4 Å². The predicted molar refractivity (Wildman–Crippen MR) is 68.7 cm³/mol. The Morgan fingerprint density at radius 1 is 1.50 bits per heavy atom. The maximum absolute atomic E-state index is 10.5. The molecule has 1 aliphatic heterocycles. The zero-order chi connectivity index (χ0) is 13.0. The molecule has 0 amide bonds. The summed E-state index contributed by atoms with van der Waals surface area (Å²) in [6.07, 6.45) is 0. The second kappa shape index (κ2) is 5.26. The number of aliphatic imine (C=N–C) groups is 1. The van der Waals surface area contributed by atoms with E-state index in [1.165, 1.54) is 12.1 Å². The van der Waals surface area contributed by atoms with Gasteiger partial charge in [0.25, 0.3) is 5.69 Å². The second-order valence-corrected chi connectivity index (χ2v) is 3.77. The van der Waals surface area contributed by atoms with E-state index in [1.54, 1.807) is 12.1 Å². The monoisotopic (exact) mass is 247 g/mol. The molecule has 1 aliphatic rings. The lowest BCUT2D eigenvalue weighted by molar-refractivity contribution is -0.384. The molecule has 0 fully saturated rings. The van der Waals surface area contributed by atoms with Crippen molar-refractivity contribution in [2.75, 3.05) is 13.1 Å². The summed E-state index contributed by atoms with van der Waals surface area (Å²) >= 11 is 0. The Morgan fingerprint density at radius 2 is 2.22 bits per heavy atom. The van der Waals surface area contributed by atoms with Crippen LogP contribution in [0.15, 0.2) is 34.4 Å². The van der Waals surface area contributed by atoms with E-state index >= 15 is 0 Å². The van der Waals surface area contributed by atoms with Gasteiger partial charge < -0.3 is 5.32 Å². The van der Waals surface area contributed by atoms with Crippen molar-refractivity contribution in [2.24, 2.45) is 10.1 Å². The number of hydrogen-bond acceptors (Lipinski definition) is 6. The average Bonchev–Trinajstić information content (AvgIpc) is 2.89. The lowest BCUT2D eigenvalue weighted by Crippen LogP contribution is -2.30. The second-order valence-electron chi connectivity index (χ2n) is 3.77. The molecule has 0 unspecified atom stereocenters. The molecule has 0 saturated heterocycles. The van der Waals surface area contributed by atoms with E-state index in [9.17, 15) is 10.1 Å². The lowest BCUT2D eigenvalue weighted by Gasteiger charge is -2.03. The molecule has 18 heavy (non-hydrogen) atoms. The van der Waals surface area contributed by atoms with Crippen LogP contribution in [0.4, 0.5) is 5.69 Å². The molecule has 1 heterocycles. The van der Waals surface area contributed by atoms with Crippen molar-refractivity contribution < 1.29 is 4.92 Å². The van der Waals surface area contributed by atoms with Crippen LogP contribution in [0, 0.1) is 10.1 Å². The van der Waals surface area contributed by atoms with Crippen molar-refractivity contribution in [1.29, 1.82) is 0 Å². The lowest BCUT2D eigenvalue weighted by atomic mass is 10.1. The van der Waals surface area contributed by atoms with Crippen molar-refractivity contribution in [2.45, 2.75) is 6.92 Å². The number of nitrogens with zero attached hydrogens (tertiary/aromatic N) is 3. The Kier molecular flexibility index (Phi) is 3.52. The number of hydrazone groups is 1. The third kappa shape index (κ3) is 2.82. The van der Waals surface area contributed by atoms with Crippen LogP contribution in [0.2, 0.25) is 0 Å². The van der Waals surface area contributed by atoms with Gasteiger partial charge in [-0.15, -0.1) is 0 Å². The molecule has 2 N–H and O–H groups in total. The molecule has 0 bridgehead atoms. The maximum atomic E-state index is 10.5. The highest BCUT2D eigenvalue weighted by atomic mass is 16.6. The van der Waals surface area contributed by atoms with Crippen molar-refractivity contribution in [3.05, 3.63) is 39.9 Å². The number of benzene rings is 1. The zero-order valence-corrected chi connectivity index (χ0v) is 9.88. The summed E-state index contributed by atoms with van der Waals surface area (Å²) in [5, 5.41) is 17.7. The molecule has 1 aromatic carbocycles. The van der Waals surface area contributed by atoms with Crippen molar-refractivity contribution in [1.82, 2.24) is 10.7 Å². The zero-order valence-electron chi connectivity index (χ0n) is 9.88. The molecule has 7 nitrogen and oxygen atoms in total. The van der Waals surface area contributed by atoms with Gasteiger partial charge in [-0.2, -0.15) is 5.10 Å². The highest BCUT2D eigenvalue weighted by Crippen LogP contribution is 2.12. The molecule has 0 aliphatic carbocycles. The third-order valence-corrected chi connectivity index (χ3v) is 2.50. The minimum absolute atomic E-state index is 0.0707. The molecule has 94 valence electrons. The first kappa shape index (κ1) is 12.0. The van der Waals surface area contributed by atoms with Gasteiger partial charge >= 0.3 is 0 Å². The number of hydrogen-bond donors (Lipinski definition) is 2. The highest BCUT2D eigenvalue weighted by molar-refractivity contribution is 5.99. The number of non-ortho nitro benzene ring substituents is 1. The van der Waals surface area contributed by atoms with Gasteiger partial charge in [0.05, 0.1) is 17.2 Å². The fourth-order valence-corrected chi connectivity index (χ4v) is 1.50. The van der Waals surface area contributed by atoms with E-state index in [0.717, 1.165) is 24.4 Å². The summed E-state index contributed by atoms with van der Waals surface area (Å²) in [6, 6.07) is 6.25. The molecule has 0 aromatic heterocycles. The minimum atomic E-state index is -0.425. The Labute approximate surface area is 104 Å². The topological polar surface area (TPSA) is 91.9 Å². The van der Waals surface area contributed by atoms with E-state index in [1.807, 2.05) is 6.92 Å². The van der Waals surface area contributed by atoms with Crippen LogP contribution in [0.1, 0.15) is 12.5 Å². The summed E-state index contributed by atoms with van der Waals surface area (Å²) in [5.74, 6) is 0.649. The summed E-state index contributed by atoms with van der Waals surface area (Å²) in [7, 11) is 0. The van der Waals surface area contributed by atoms with Gasteiger partial charge in [0.2, 0.25) is 5.96 Å². The molecule has 7 heteroatoms. The van der Waals surface area contributed by atoms with Crippen LogP contribution in [0.5, 0.6) is 0 Å². The Morgan fingerprint density at radius 3 is 2.78 bits per heavy atom. The van der Waals surface area contributed by atoms with Gasteiger partial charge in [-0.05, 0) is 24.6 Å². The first-order chi connectivity index (χ1) is 8.66. The van der Waals surface area contributed by atoms with E-state index in [-0.39, 0.29) is 5.69 Å². The molecule has 0 saturated carbocycles. The van der Waals surface area contributed by atoms with Crippen LogP contribution in [0.25, 0.3) is 0 Å². The van der Waals surface area contributed by atoms with Gasteiger partial charge in [0.15, 0.2) is 0 Å². The Balaban J connectivity index is 2.05. The van der Waals surface area contributed by atoms with Crippen LogP contribution < -0.4 is 10.7 Å². The molecule has 1 aromatic rings. The third-order valence-electron chi connectivity index (χ3n) is 2.50. The first-order valence-electron chi connectivity index (χ1n) is 5.50. The van der Waals surface area contributed by atoms with Gasteiger partial charge in [-0.1, -0.05) is 0 Å². The SMILES string of the molecule is C/C(=N/NC1=NCCN1)c1ccc([N+](=O)[O-])cc1. The average molecular weight is 247 g/mol. The normalized spacial score (nSPS) is 14.9. The number of nitro groups is 1. The standard InChI is InChI=1S/C11H13N5O2/c1-8(14-15-11-12-6-7-13-11)9-2-4-10(5-3-9)16(17)18/h2-5H,6-7H2,1H3,(H2,12,13,15)/b14-8-. The van der Waals surface area contributed by atoms with Gasteiger partial charge in [-0.3, -0.25) is 10.1 Å². The van der Waals surface area contributed by atoms with Gasteiger partial charge in [0.1, 0.15) is 0 Å². The quantitative estimate of drug-likeness (QED) is 0.471. The molecule has 0 radical (unpaired) electrons. The highest BCUT2D eigenvalue weighted by Gasteiger charge is 2.06. The molecule has 0 spiro atoms. The van der Waals surface area contributed by atoms with Crippen LogP contribution in [-0.4, -0.2) is 29.7 Å². The van der Waals surface area contributed by atoms with E-state index in [0.29, 0.717) is 5.96 Å². The summed E-state index contributed by atoms with van der Waals surface area (Å²) < 4.78 is 0. The molecule has 2 rings (SSSR count). The number of guanidine groups is 1. The van der Waals surface area contributed by atoms with Crippen LogP contribution >= 0.6 is 0 Å². The molecular formula is C11H13N5O2. The van der Waals surface area contributed by atoms with E-state index < -0.39 is 4.92 Å². The van der Waals surface area contributed by atoms with E-state index in [2.05, 4.69) is 20.8 Å². The van der Waals surface area contributed by atoms with Crippen LogP contribution in [-0.2, 0) is 0 Å². The number of nitrogens with one attached hydrogen (secondary N) is 2. The molecule has 0 atom stereocenters. The van der Waals surface area contributed by atoms with Crippen LogP contribution in [0.3, 0.4) is 0 Å². The Bertz CT molecular complexity index is 507. The first-order valence-corrected chi connectivity index (χ1v) is 5.50. The van der Waals surface area contributed by atoms with Gasteiger partial charge in [-0.25, -0.2) is 10.4 Å². The largest absolute Gasteiger partial charge is 0.353 e. The fraction of sp³-hybridized carbons (Fsp3) is 0.273. The maximum Gasteiger partial charge on any atom is 0.269 e. The smallest absolute Gasteiger partial charge is 0.269 e. The van der Waals surface area contributed by atoms with Crippen molar-refractivity contribution in [3.63, 3.8) is 0 Å². The molecular weight excluding hydrogens is 234 g/mol. The summed E-state index contributed by atoms with van der Waals surface area (Å²) in [4.78, 5) is 14.2. The predicted octanol–water partition coefficient (Wildman–Crippen LogP) is 0.868. The summed E-state index contributed by atoms with van der Waals surface area (Å²) in [6.45, 7) is 3.38. The number of nitro benzene ring substituents is 1. The van der Waals surface area contributed by atoms with Crippen molar-refractivity contribution in [3.8, 4) is 0 Å². The summed E-state index contributed by atoms with van der Waals surface area (Å²) in [5.41, 5.74) is 4.44. The fourth-order valence-electron chi connectivity index (χ4n) is 1.50.